The van der Waals surface area contributed by atoms with Crippen molar-refractivity contribution in [2.75, 3.05) is 7.11 Å². The first-order valence-electron chi connectivity index (χ1n) is 6.56. The van der Waals surface area contributed by atoms with E-state index < -0.39 is 43.3 Å². The van der Waals surface area contributed by atoms with Crippen molar-refractivity contribution in [3.05, 3.63) is 60.7 Å². The molecule has 2 aromatic rings. The van der Waals surface area contributed by atoms with Crippen LogP contribution in [0.4, 0.5) is 22.7 Å². The number of quaternary nitrogens is 1. The van der Waals surface area contributed by atoms with Crippen LogP contribution in [-0.2, 0) is 0 Å². The van der Waals surface area contributed by atoms with Gasteiger partial charge in [0.25, 0.3) is 11.4 Å². The Kier molecular flexibility index (Phi) is 6.32. The van der Waals surface area contributed by atoms with Gasteiger partial charge < -0.3 is 20.7 Å². The summed E-state index contributed by atoms with van der Waals surface area (Å²) in [5.74, 6) is -2.35. The molecule has 2 rings (SSSR count). The number of rotatable bonds is 4. The predicted octanol–water partition coefficient (Wildman–Crippen LogP) is 0.759. The lowest BCUT2D eigenvalue weighted by atomic mass is 10.2. The molecule has 26 heavy (non-hydrogen) atoms. The summed E-state index contributed by atoms with van der Waals surface area (Å²) in [6.45, 7) is 0. The van der Waals surface area contributed by atoms with Gasteiger partial charge in [0.05, 0.1) is 33.7 Å². The smallest absolute Gasteiger partial charge is 0.324 e. The van der Waals surface area contributed by atoms with E-state index >= 15 is 0 Å². The first kappa shape index (κ1) is 20.0. The maximum atomic E-state index is 11.2. The zero-order valence-electron chi connectivity index (χ0n) is 13.1. The van der Waals surface area contributed by atoms with Crippen LogP contribution in [0.2, 0.25) is 0 Å². The van der Waals surface area contributed by atoms with Crippen LogP contribution >= 0.6 is 0 Å². The topological polar surface area (TPSA) is 210 Å². The zero-order valence-corrected chi connectivity index (χ0v) is 13.1. The molecule has 13 nitrogen and oxygen atoms in total. The lowest BCUT2D eigenvalue weighted by Gasteiger charge is -2.08. The normalized spacial score (nSPS) is 9.62. The number of para-hydroxylation sites is 1. The van der Waals surface area contributed by atoms with Gasteiger partial charge in [-0.2, -0.15) is 0 Å². The molecule has 0 atom stereocenters. The molecule has 0 aromatic heterocycles. The molecule has 0 aliphatic carbocycles. The second kappa shape index (κ2) is 8.20. The Balaban J connectivity index is 0.000000314. The molecule has 138 valence electrons. The number of benzene rings is 2. The number of phenols is 1. The summed E-state index contributed by atoms with van der Waals surface area (Å²) in [6.07, 6.45) is 0. The summed E-state index contributed by atoms with van der Waals surface area (Å²) in [4.78, 5) is 27.1. The van der Waals surface area contributed by atoms with E-state index in [0.29, 0.717) is 0 Å². The summed E-state index contributed by atoms with van der Waals surface area (Å²) >= 11 is 0. The van der Waals surface area contributed by atoms with E-state index in [0.717, 1.165) is 11.4 Å². The highest BCUT2D eigenvalue weighted by Crippen LogP contribution is 2.46. The molecular weight excluding hydrogens is 356 g/mol. The Labute approximate surface area is 144 Å². The average Bonchev–Trinajstić information content (AvgIpc) is 2.55. The molecule has 0 bridgehead atoms. The van der Waals surface area contributed by atoms with Gasteiger partial charge in [0.1, 0.15) is 0 Å². The van der Waals surface area contributed by atoms with E-state index in [4.69, 9.17) is 9.84 Å². The first-order valence-corrected chi connectivity index (χ1v) is 6.56. The van der Waals surface area contributed by atoms with Crippen LogP contribution in [0.5, 0.6) is 17.2 Å². The minimum atomic E-state index is -1.69. The standard InChI is InChI=1S/C7H9NO.C6H3N3O8/c1-9-7-5-3-2-4-6(7)8;10-5-2(7(12)13)1-3(8(14)15)6(11)4(5)9(16)17/h2-5H,8H2,1H3;1,10-11H. The van der Waals surface area contributed by atoms with E-state index in [2.05, 4.69) is 5.73 Å². The Morgan fingerprint density at radius 1 is 1.00 bits per heavy atom. The molecule has 0 spiro atoms. The lowest BCUT2D eigenvalue weighted by molar-refractivity contribution is -0.421. The maximum Gasteiger partial charge on any atom is 0.324 e. The van der Waals surface area contributed by atoms with Crippen molar-refractivity contribution in [1.29, 1.82) is 0 Å². The maximum absolute atomic E-state index is 11.2. The number of hydrogen-bond acceptors (Lipinski definition) is 9. The molecule has 4 N–H and O–H groups in total. The van der Waals surface area contributed by atoms with Crippen molar-refractivity contribution in [2.45, 2.75) is 0 Å². The molecule has 0 aliphatic rings. The summed E-state index contributed by atoms with van der Waals surface area (Å²) < 4.78 is 4.98. The van der Waals surface area contributed by atoms with Gasteiger partial charge in [-0.25, -0.2) is 0 Å². The molecule has 0 amide bonds. The van der Waals surface area contributed by atoms with E-state index in [1.54, 1.807) is 7.11 Å². The molecule has 0 radical (unpaired) electrons. The third-order valence-electron chi connectivity index (χ3n) is 2.96. The van der Waals surface area contributed by atoms with Gasteiger partial charge in [-0.15, -0.1) is 0 Å². The van der Waals surface area contributed by atoms with Crippen LogP contribution in [0.25, 0.3) is 0 Å². The third kappa shape index (κ3) is 4.30. The Morgan fingerprint density at radius 3 is 1.92 bits per heavy atom. The van der Waals surface area contributed by atoms with Gasteiger partial charge in [0.15, 0.2) is 11.4 Å². The van der Waals surface area contributed by atoms with Crippen molar-refractivity contribution >= 4 is 22.7 Å². The second-order valence-corrected chi connectivity index (χ2v) is 4.52. The Hall–Kier alpha value is -4.00. The number of ether oxygens (including phenoxy) is 1. The van der Waals surface area contributed by atoms with Crippen LogP contribution in [0, 0.1) is 30.3 Å². The fourth-order valence-electron chi connectivity index (χ4n) is 1.76. The lowest BCUT2D eigenvalue weighted by Crippen LogP contribution is -2.40. The molecule has 0 fully saturated rings. The fourth-order valence-corrected chi connectivity index (χ4v) is 1.76. The van der Waals surface area contributed by atoms with Gasteiger partial charge in [-0.1, -0.05) is 12.1 Å². The van der Waals surface area contributed by atoms with Crippen LogP contribution < -0.4 is 15.6 Å². The minimum Gasteiger partial charge on any atom is -0.863 e. The second-order valence-electron chi connectivity index (χ2n) is 4.52. The summed E-state index contributed by atoms with van der Waals surface area (Å²) in [5, 5.41) is 51.4. The number of hydrogen-bond donors (Lipinski definition) is 2. The van der Waals surface area contributed by atoms with Gasteiger partial charge in [-0.3, -0.25) is 30.3 Å². The predicted molar refractivity (Wildman–Crippen MR) is 83.1 cm³/mol. The molecule has 0 saturated carbocycles. The third-order valence-corrected chi connectivity index (χ3v) is 2.96. The van der Waals surface area contributed by atoms with E-state index in [-0.39, 0.29) is 6.07 Å². The molecule has 0 aliphatic heterocycles. The van der Waals surface area contributed by atoms with Crippen LogP contribution in [0.1, 0.15) is 0 Å². The van der Waals surface area contributed by atoms with E-state index in [1.165, 1.54) is 0 Å². The highest BCUT2D eigenvalue weighted by molar-refractivity contribution is 5.73. The van der Waals surface area contributed by atoms with Crippen LogP contribution in [-0.4, -0.2) is 27.0 Å². The number of nitro benzene ring substituents is 3. The fraction of sp³-hybridized carbons (Fsp3) is 0.0769. The number of aromatic hydroxyl groups is 1. The summed E-state index contributed by atoms with van der Waals surface area (Å²) in [7, 11) is 1.64. The van der Waals surface area contributed by atoms with Gasteiger partial charge in [-0.05, 0) is 6.07 Å². The number of nitro groups is 3. The molecule has 0 heterocycles. The summed E-state index contributed by atoms with van der Waals surface area (Å²) in [5.41, 5.74) is 0.484. The minimum absolute atomic E-state index is 0.171. The van der Waals surface area contributed by atoms with Gasteiger partial charge >= 0.3 is 11.4 Å². The average molecular weight is 368 g/mol. The quantitative estimate of drug-likeness (QED) is 0.575. The molecule has 0 saturated heterocycles. The largest absolute Gasteiger partial charge is 0.863 e. The van der Waals surface area contributed by atoms with Crippen LogP contribution in [0.3, 0.4) is 0 Å². The van der Waals surface area contributed by atoms with E-state index in [1.807, 2.05) is 24.3 Å². The first-order chi connectivity index (χ1) is 12.1. The van der Waals surface area contributed by atoms with Crippen molar-refractivity contribution in [3.63, 3.8) is 0 Å². The molecule has 0 unspecified atom stereocenters. The monoisotopic (exact) mass is 368 g/mol. The van der Waals surface area contributed by atoms with Crippen molar-refractivity contribution in [3.8, 4) is 17.2 Å². The van der Waals surface area contributed by atoms with Crippen molar-refractivity contribution in [1.82, 2.24) is 0 Å². The number of phenolic OH excluding ortho intramolecular Hbond substituents is 1. The molecule has 2 aromatic carbocycles. The van der Waals surface area contributed by atoms with Crippen molar-refractivity contribution < 1.29 is 35.5 Å². The number of nitrogens with zero attached hydrogens (tertiary/aromatic N) is 3. The highest BCUT2D eigenvalue weighted by Gasteiger charge is 2.32. The molecular formula is C13H12N4O9. The van der Waals surface area contributed by atoms with Gasteiger partial charge in [0, 0.05) is 6.07 Å². The van der Waals surface area contributed by atoms with Crippen molar-refractivity contribution in [2.24, 2.45) is 0 Å². The zero-order chi connectivity index (χ0) is 20.0. The Morgan fingerprint density at radius 2 is 1.54 bits per heavy atom. The SMILES string of the molecule is COc1ccccc1[NH3+].O=[N+]([O-])c1cc([N+](=O)[O-])c(O)c([N+](=O)[O-])c1[O-]. The van der Waals surface area contributed by atoms with Gasteiger partial charge in [0.2, 0.25) is 0 Å². The van der Waals surface area contributed by atoms with Crippen LogP contribution in [0.15, 0.2) is 30.3 Å². The Bertz CT molecular complexity index is 831. The summed E-state index contributed by atoms with van der Waals surface area (Å²) in [6, 6.07) is 7.84. The highest BCUT2D eigenvalue weighted by atomic mass is 16.6. The van der Waals surface area contributed by atoms with E-state index in [9.17, 15) is 35.4 Å². The molecule has 13 heteroatoms. The number of methoxy groups -OCH3 is 1.